The smallest absolute Gasteiger partial charge is 0.308 e. The lowest BCUT2D eigenvalue weighted by atomic mass is 10.0. The van der Waals surface area contributed by atoms with Gasteiger partial charge in [-0.2, -0.15) is 0 Å². The molecule has 0 radical (unpaired) electrons. The van der Waals surface area contributed by atoms with Gasteiger partial charge in [0.1, 0.15) is 17.9 Å². The monoisotopic (exact) mass is 427 g/mol. The fourth-order valence-electron chi connectivity index (χ4n) is 3.41. The van der Waals surface area contributed by atoms with Gasteiger partial charge in [-0.3, -0.25) is 9.59 Å². The van der Waals surface area contributed by atoms with Gasteiger partial charge >= 0.3 is 5.97 Å². The van der Waals surface area contributed by atoms with E-state index in [-0.39, 0.29) is 30.7 Å². The highest BCUT2D eigenvalue weighted by atomic mass is 35.5. The summed E-state index contributed by atoms with van der Waals surface area (Å²) < 4.78 is 5.39. The standard InChI is InChI=1S/C24H25NO4.ClH/c1-16(23(28)19-9-4-3-5-10-19)25-15-14-22(27)21-13-12-18-8-6-7-11-20(18)24(21)29-17(2)26;/h3-13,16,23,25,28H,14-15H2,1-2H3;1H. The predicted molar refractivity (Wildman–Crippen MR) is 112 cm³/mol. The van der Waals surface area contributed by atoms with Crippen LogP contribution in [0.5, 0.6) is 5.75 Å². The first-order valence-corrected chi connectivity index (χ1v) is 9.77. The van der Waals surface area contributed by atoms with Gasteiger partial charge in [0, 0.05) is 12.3 Å². The van der Waals surface area contributed by atoms with Crippen LogP contribution in [0, 0.1) is 0 Å². The number of hydrogen-bond donors (Lipinski definition) is 2. The molecule has 0 fully saturated rings. The lowest BCUT2D eigenvalue weighted by molar-refractivity contribution is -0.693. The fraction of sp³-hybridized carbons (Fsp3) is 0.250. The molecule has 0 spiro atoms. The first-order chi connectivity index (χ1) is 14.0. The second-order valence-electron chi connectivity index (χ2n) is 7.17. The van der Waals surface area contributed by atoms with Crippen LogP contribution in [-0.2, 0) is 4.79 Å². The third kappa shape index (κ3) is 5.66. The molecule has 2 atom stereocenters. The minimum Gasteiger partial charge on any atom is -1.00 e. The van der Waals surface area contributed by atoms with Crippen molar-refractivity contribution in [1.29, 1.82) is 0 Å². The molecule has 0 aliphatic carbocycles. The summed E-state index contributed by atoms with van der Waals surface area (Å²) in [5, 5.41) is 14.1. The van der Waals surface area contributed by atoms with Crippen molar-refractivity contribution in [1.82, 2.24) is 0 Å². The van der Waals surface area contributed by atoms with Crippen molar-refractivity contribution < 1.29 is 37.2 Å². The summed E-state index contributed by atoms with van der Waals surface area (Å²) in [7, 11) is 0. The minimum atomic E-state index is -0.608. The first-order valence-electron chi connectivity index (χ1n) is 9.77. The zero-order valence-corrected chi connectivity index (χ0v) is 17.8. The van der Waals surface area contributed by atoms with Gasteiger partial charge in [-0.15, -0.1) is 0 Å². The van der Waals surface area contributed by atoms with Crippen molar-refractivity contribution in [2.75, 3.05) is 6.54 Å². The zero-order valence-electron chi connectivity index (χ0n) is 17.0. The molecule has 0 aromatic heterocycles. The maximum Gasteiger partial charge on any atom is 0.308 e. The molecule has 0 saturated carbocycles. The number of carbonyl (C=O) groups excluding carboxylic acids is 2. The van der Waals surface area contributed by atoms with E-state index >= 15 is 0 Å². The lowest BCUT2D eigenvalue weighted by Crippen LogP contribution is -3.00. The molecule has 3 aromatic carbocycles. The topological polar surface area (TPSA) is 80.2 Å². The number of carbonyl (C=O) groups is 2. The van der Waals surface area contributed by atoms with E-state index in [2.05, 4.69) is 0 Å². The molecule has 5 nitrogen and oxygen atoms in total. The van der Waals surface area contributed by atoms with Gasteiger partial charge in [-0.05, 0) is 23.9 Å². The third-order valence-electron chi connectivity index (χ3n) is 4.97. The van der Waals surface area contributed by atoms with Gasteiger partial charge in [0.2, 0.25) is 0 Å². The van der Waals surface area contributed by atoms with Crippen LogP contribution in [-0.4, -0.2) is 29.4 Å². The molecule has 3 aromatic rings. The Bertz CT molecular complexity index is 1010. The fourth-order valence-corrected chi connectivity index (χ4v) is 3.41. The summed E-state index contributed by atoms with van der Waals surface area (Å²) in [5.74, 6) is -0.232. The van der Waals surface area contributed by atoms with Crippen LogP contribution < -0.4 is 22.5 Å². The van der Waals surface area contributed by atoms with E-state index in [1.165, 1.54) is 6.92 Å². The second-order valence-corrected chi connectivity index (χ2v) is 7.17. The number of halogens is 1. The molecule has 0 amide bonds. The molecule has 30 heavy (non-hydrogen) atoms. The average molecular weight is 428 g/mol. The number of Topliss-reactive ketones (excluding diaryl/α,β-unsaturated/α-hetero) is 1. The quantitative estimate of drug-likeness (QED) is 0.302. The number of ether oxygens (including phenoxy) is 1. The van der Waals surface area contributed by atoms with Crippen molar-refractivity contribution in [3.05, 3.63) is 77.9 Å². The number of benzene rings is 3. The molecule has 3 rings (SSSR count). The molecular weight excluding hydrogens is 402 g/mol. The van der Waals surface area contributed by atoms with Crippen molar-refractivity contribution in [3.63, 3.8) is 0 Å². The van der Waals surface area contributed by atoms with Gasteiger partial charge in [-0.1, -0.05) is 60.7 Å². The Morgan fingerprint density at radius 3 is 2.37 bits per heavy atom. The number of fused-ring (bicyclic) bond motifs is 1. The maximum absolute atomic E-state index is 12.8. The highest BCUT2D eigenvalue weighted by molar-refractivity contribution is 6.05. The van der Waals surface area contributed by atoms with E-state index in [1.807, 2.05) is 72.9 Å². The zero-order chi connectivity index (χ0) is 20.8. The summed E-state index contributed by atoms with van der Waals surface area (Å²) >= 11 is 0. The molecule has 3 N–H and O–H groups in total. The molecule has 0 heterocycles. The largest absolute Gasteiger partial charge is 1.00 e. The third-order valence-corrected chi connectivity index (χ3v) is 4.97. The van der Waals surface area contributed by atoms with Crippen LogP contribution in [0.4, 0.5) is 0 Å². The van der Waals surface area contributed by atoms with Crippen LogP contribution >= 0.6 is 0 Å². The van der Waals surface area contributed by atoms with Crippen molar-refractivity contribution in [2.24, 2.45) is 0 Å². The van der Waals surface area contributed by atoms with Crippen molar-refractivity contribution >= 4 is 22.5 Å². The molecular formula is C24H26ClNO4. The van der Waals surface area contributed by atoms with Crippen LogP contribution in [0.3, 0.4) is 0 Å². The summed E-state index contributed by atoms with van der Waals surface area (Å²) in [6.45, 7) is 3.79. The number of ketones is 1. The molecule has 2 unspecified atom stereocenters. The molecule has 0 saturated heterocycles. The number of nitrogens with two attached hydrogens (primary N) is 1. The van der Waals surface area contributed by atoms with Gasteiger partial charge in [-0.25, -0.2) is 0 Å². The molecule has 158 valence electrons. The number of quaternary nitrogens is 1. The van der Waals surface area contributed by atoms with E-state index in [4.69, 9.17) is 4.74 Å². The summed E-state index contributed by atoms with van der Waals surface area (Å²) in [4.78, 5) is 24.4. The summed E-state index contributed by atoms with van der Waals surface area (Å²) in [5.41, 5.74) is 1.26. The van der Waals surface area contributed by atoms with E-state index < -0.39 is 12.1 Å². The van der Waals surface area contributed by atoms with Crippen LogP contribution in [0.15, 0.2) is 66.7 Å². The Morgan fingerprint density at radius 2 is 1.67 bits per heavy atom. The Kier molecular flexibility index (Phi) is 8.54. The normalized spacial score (nSPS) is 12.6. The minimum absolute atomic E-state index is 0. The maximum atomic E-state index is 12.8. The van der Waals surface area contributed by atoms with Crippen molar-refractivity contribution in [2.45, 2.75) is 32.4 Å². The highest BCUT2D eigenvalue weighted by Gasteiger charge is 2.21. The van der Waals surface area contributed by atoms with E-state index in [0.717, 1.165) is 16.3 Å². The molecule has 0 bridgehead atoms. The Hall–Kier alpha value is -2.73. The molecule has 6 heteroatoms. The Morgan fingerprint density at radius 1 is 1.00 bits per heavy atom. The number of rotatable bonds is 8. The van der Waals surface area contributed by atoms with Gasteiger partial charge in [0.25, 0.3) is 0 Å². The predicted octanol–water partition coefficient (Wildman–Crippen LogP) is 0.0274. The summed E-state index contributed by atoms with van der Waals surface area (Å²) in [6.07, 6.45) is -0.332. The second kappa shape index (κ2) is 10.9. The van der Waals surface area contributed by atoms with E-state index in [0.29, 0.717) is 17.9 Å². The van der Waals surface area contributed by atoms with Crippen LogP contribution in [0.25, 0.3) is 10.8 Å². The highest BCUT2D eigenvalue weighted by Crippen LogP contribution is 2.31. The Labute approximate surface area is 182 Å². The molecule has 0 aliphatic heterocycles. The van der Waals surface area contributed by atoms with Crippen LogP contribution in [0.1, 0.15) is 42.3 Å². The number of esters is 1. The van der Waals surface area contributed by atoms with Gasteiger partial charge < -0.3 is 27.6 Å². The average Bonchev–Trinajstić information content (AvgIpc) is 2.73. The Balaban J connectivity index is 0.00000320. The first kappa shape index (κ1) is 23.5. The van der Waals surface area contributed by atoms with Crippen LogP contribution in [0.2, 0.25) is 0 Å². The number of hydrogen-bond acceptors (Lipinski definition) is 4. The van der Waals surface area contributed by atoms with E-state index in [9.17, 15) is 14.7 Å². The van der Waals surface area contributed by atoms with Gasteiger partial charge in [0.05, 0.1) is 18.5 Å². The molecule has 0 aliphatic rings. The number of aliphatic hydroxyl groups excluding tert-OH is 1. The van der Waals surface area contributed by atoms with Gasteiger partial charge in [0.15, 0.2) is 5.78 Å². The lowest BCUT2D eigenvalue weighted by Gasteiger charge is -2.18. The summed E-state index contributed by atoms with van der Waals surface area (Å²) in [6, 6.07) is 20.5. The number of aliphatic hydroxyl groups is 1. The van der Waals surface area contributed by atoms with Crippen molar-refractivity contribution in [3.8, 4) is 5.75 Å². The SMILES string of the molecule is CC(=O)Oc1c(C(=O)CC[NH2+]C(C)C(O)c2ccccc2)ccc2ccccc12.[Cl-]. The van der Waals surface area contributed by atoms with E-state index in [1.54, 1.807) is 6.07 Å².